The number of carboxylic acid groups (broad SMARTS) is 1. The van der Waals surface area contributed by atoms with Gasteiger partial charge in [-0.05, 0) is 18.2 Å². The van der Waals surface area contributed by atoms with Crippen LogP contribution in [-0.4, -0.2) is 38.9 Å². The number of aliphatic carboxylic acids is 1. The zero-order valence-electron chi connectivity index (χ0n) is 9.67. The van der Waals surface area contributed by atoms with Crippen LogP contribution in [0.15, 0.2) is 18.2 Å². The molecule has 1 aromatic heterocycles. The number of aromatic amines is 1. The van der Waals surface area contributed by atoms with Crippen molar-refractivity contribution in [3.63, 3.8) is 0 Å². The van der Waals surface area contributed by atoms with Crippen LogP contribution in [0.3, 0.4) is 0 Å². The Bertz CT molecular complexity index is 593. The Kier molecular flexibility index (Phi) is 3.22. The van der Waals surface area contributed by atoms with Crippen molar-refractivity contribution in [2.45, 2.75) is 6.92 Å². The van der Waals surface area contributed by atoms with Crippen LogP contribution in [0.2, 0.25) is 0 Å². The maximum absolute atomic E-state index is 11.8. The molecule has 1 atom stereocenters. The lowest BCUT2D eigenvalue weighted by molar-refractivity contribution is -0.140. The Labute approximate surface area is 102 Å². The monoisotopic (exact) mass is 248 g/mol. The van der Waals surface area contributed by atoms with Crippen LogP contribution >= 0.6 is 0 Å². The Hall–Kier alpha value is -2.44. The fourth-order valence-corrected chi connectivity index (χ4v) is 1.42. The Morgan fingerprint density at radius 2 is 2.11 bits per heavy atom. The average molecular weight is 248 g/mol. The number of H-pyrrole nitrogens is 1. The largest absolute Gasteiger partial charge is 0.481 e. The van der Waals surface area contributed by atoms with Gasteiger partial charge in [0.05, 0.1) is 5.92 Å². The first-order chi connectivity index (χ1) is 8.58. The van der Waals surface area contributed by atoms with Gasteiger partial charge < -0.3 is 10.4 Å². The molecule has 0 saturated carbocycles. The number of carbonyl (C=O) groups excluding carboxylic acids is 1. The molecule has 18 heavy (non-hydrogen) atoms. The van der Waals surface area contributed by atoms with Gasteiger partial charge >= 0.3 is 5.97 Å². The topological polar surface area (TPSA) is 108 Å². The highest BCUT2D eigenvalue weighted by Gasteiger charge is 2.13. The lowest BCUT2D eigenvalue weighted by atomic mass is 10.1. The highest BCUT2D eigenvalue weighted by molar-refractivity contribution is 5.97. The maximum Gasteiger partial charge on any atom is 0.308 e. The van der Waals surface area contributed by atoms with E-state index in [4.69, 9.17) is 5.11 Å². The van der Waals surface area contributed by atoms with Gasteiger partial charge in [0.25, 0.3) is 5.91 Å². The van der Waals surface area contributed by atoms with E-state index < -0.39 is 11.9 Å². The van der Waals surface area contributed by atoms with E-state index in [1.54, 1.807) is 18.2 Å². The molecule has 0 aliphatic rings. The molecule has 0 spiro atoms. The summed E-state index contributed by atoms with van der Waals surface area (Å²) in [6.07, 6.45) is 0. The van der Waals surface area contributed by atoms with Crippen LogP contribution in [0.1, 0.15) is 17.3 Å². The summed E-state index contributed by atoms with van der Waals surface area (Å²) in [5.74, 6) is -1.89. The van der Waals surface area contributed by atoms with Gasteiger partial charge in [-0.15, -0.1) is 0 Å². The summed E-state index contributed by atoms with van der Waals surface area (Å²) in [7, 11) is 0. The van der Waals surface area contributed by atoms with Gasteiger partial charge in [0, 0.05) is 12.1 Å². The van der Waals surface area contributed by atoms with Crippen LogP contribution in [0.5, 0.6) is 0 Å². The van der Waals surface area contributed by atoms with Gasteiger partial charge in [0.2, 0.25) is 0 Å². The zero-order valence-corrected chi connectivity index (χ0v) is 9.67. The highest BCUT2D eigenvalue weighted by Crippen LogP contribution is 2.10. The second kappa shape index (κ2) is 4.82. The minimum absolute atomic E-state index is 0.0883. The molecule has 7 nitrogen and oxygen atoms in total. The van der Waals surface area contributed by atoms with E-state index >= 15 is 0 Å². The fraction of sp³-hybridized carbons (Fsp3) is 0.273. The van der Waals surface area contributed by atoms with Crippen molar-refractivity contribution in [2.75, 3.05) is 6.54 Å². The summed E-state index contributed by atoms with van der Waals surface area (Å²) in [6.45, 7) is 1.62. The molecule has 0 bridgehead atoms. The van der Waals surface area contributed by atoms with E-state index in [1.165, 1.54) is 6.92 Å². The van der Waals surface area contributed by atoms with Gasteiger partial charge in [0.15, 0.2) is 0 Å². The molecule has 1 unspecified atom stereocenters. The Morgan fingerprint density at radius 3 is 2.83 bits per heavy atom. The van der Waals surface area contributed by atoms with Gasteiger partial charge in [-0.2, -0.15) is 15.4 Å². The van der Waals surface area contributed by atoms with Gasteiger partial charge in [-0.3, -0.25) is 9.59 Å². The molecule has 0 fully saturated rings. The predicted molar refractivity (Wildman–Crippen MR) is 63.0 cm³/mol. The van der Waals surface area contributed by atoms with E-state index in [9.17, 15) is 9.59 Å². The number of carbonyl (C=O) groups is 2. The van der Waals surface area contributed by atoms with E-state index in [0.717, 1.165) is 0 Å². The zero-order chi connectivity index (χ0) is 13.1. The normalized spacial score (nSPS) is 12.3. The van der Waals surface area contributed by atoms with Crippen LogP contribution in [0.25, 0.3) is 11.0 Å². The van der Waals surface area contributed by atoms with Gasteiger partial charge in [0.1, 0.15) is 11.0 Å². The molecule has 3 N–H and O–H groups in total. The number of hydrogen-bond acceptors (Lipinski definition) is 4. The number of carboxylic acids is 1. The first-order valence-electron chi connectivity index (χ1n) is 5.39. The smallest absolute Gasteiger partial charge is 0.308 e. The summed E-state index contributed by atoms with van der Waals surface area (Å²) >= 11 is 0. The number of nitrogens with one attached hydrogen (secondary N) is 2. The molecule has 1 amide bonds. The second-order valence-electron chi connectivity index (χ2n) is 3.98. The number of rotatable bonds is 4. The molecule has 0 saturated heterocycles. The molecule has 2 aromatic rings. The Balaban J connectivity index is 2.06. The van der Waals surface area contributed by atoms with Crippen molar-refractivity contribution in [3.8, 4) is 0 Å². The van der Waals surface area contributed by atoms with Crippen molar-refractivity contribution in [2.24, 2.45) is 5.92 Å². The second-order valence-corrected chi connectivity index (χ2v) is 3.98. The SMILES string of the molecule is CC(CNC(=O)c1ccc2n[nH]nc2c1)C(=O)O. The van der Waals surface area contributed by atoms with Crippen LogP contribution in [-0.2, 0) is 4.79 Å². The quantitative estimate of drug-likeness (QED) is 0.726. The first kappa shape index (κ1) is 12.0. The summed E-state index contributed by atoms with van der Waals surface area (Å²) < 4.78 is 0. The number of hydrogen-bond donors (Lipinski definition) is 3. The highest BCUT2D eigenvalue weighted by atomic mass is 16.4. The molecule has 0 radical (unpaired) electrons. The van der Waals surface area contributed by atoms with Crippen LogP contribution < -0.4 is 5.32 Å². The van der Waals surface area contributed by atoms with Crippen molar-refractivity contribution < 1.29 is 14.7 Å². The first-order valence-corrected chi connectivity index (χ1v) is 5.39. The third-order valence-electron chi connectivity index (χ3n) is 2.57. The number of nitrogens with zero attached hydrogens (tertiary/aromatic N) is 2. The molecule has 2 rings (SSSR count). The lowest BCUT2D eigenvalue weighted by Crippen LogP contribution is -2.31. The number of fused-ring (bicyclic) bond motifs is 1. The predicted octanol–water partition coefficient (Wildman–Crippen LogP) is 0.408. The third-order valence-corrected chi connectivity index (χ3v) is 2.57. The summed E-state index contributed by atoms with van der Waals surface area (Å²) in [4.78, 5) is 22.4. The summed E-state index contributed by atoms with van der Waals surface area (Å²) in [5, 5.41) is 21.5. The van der Waals surface area contributed by atoms with Crippen LogP contribution in [0.4, 0.5) is 0 Å². The Morgan fingerprint density at radius 1 is 1.39 bits per heavy atom. The van der Waals surface area contributed by atoms with Crippen molar-refractivity contribution >= 4 is 22.9 Å². The van der Waals surface area contributed by atoms with Gasteiger partial charge in [-0.25, -0.2) is 0 Å². The van der Waals surface area contributed by atoms with E-state index in [-0.39, 0.29) is 12.5 Å². The number of amides is 1. The van der Waals surface area contributed by atoms with E-state index in [1.807, 2.05) is 0 Å². The average Bonchev–Trinajstić information content (AvgIpc) is 2.82. The molecule has 1 aromatic carbocycles. The standard InChI is InChI=1S/C11H12N4O3/c1-6(11(17)18)5-12-10(16)7-2-3-8-9(4-7)14-15-13-8/h2-4,6H,5H2,1H3,(H,12,16)(H,17,18)(H,13,14,15). The number of benzene rings is 1. The van der Waals surface area contributed by atoms with E-state index in [2.05, 4.69) is 20.7 Å². The molecule has 94 valence electrons. The molecule has 0 aliphatic heterocycles. The third kappa shape index (κ3) is 2.45. The maximum atomic E-state index is 11.8. The minimum Gasteiger partial charge on any atom is -0.481 e. The van der Waals surface area contributed by atoms with E-state index in [0.29, 0.717) is 16.6 Å². The molecular weight excluding hydrogens is 236 g/mol. The molecule has 0 aliphatic carbocycles. The van der Waals surface area contributed by atoms with Crippen molar-refractivity contribution in [1.29, 1.82) is 0 Å². The molecule has 7 heteroatoms. The molecule has 1 heterocycles. The molecular formula is C11H12N4O3. The summed E-state index contributed by atoms with van der Waals surface area (Å²) in [6, 6.07) is 4.89. The minimum atomic E-state index is -0.942. The fourth-order valence-electron chi connectivity index (χ4n) is 1.42. The van der Waals surface area contributed by atoms with Crippen LogP contribution in [0, 0.1) is 5.92 Å². The lowest BCUT2D eigenvalue weighted by Gasteiger charge is -2.08. The van der Waals surface area contributed by atoms with Crippen molar-refractivity contribution in [1.82, 2.24) is 20.7 Å². The summed E-state index contributed by atoms with van der Waals surface area (Å²) in [5.41, 5.74) is 1.69. The van der Waals surface area contributed by atoms with Crippen molar-refractivity contribution in [3.05, 3.63) is 23.8 Å². The number of aromatic nitrogens is 3. The van der Waals surface area contributed by atoms with Gasteiger partial charge in [-0.1, -0.05) is 6.92 Å².